The van der Waals surface area contributed by atoms with E-state index in [4.69, 9.17) is 9.47 Å². The number of aromatic nitrogens is 2. The first-order valence-electron chi connectivity index (χ1n) is 11.4. The van der Waals surface area contributed by atoms with Crippen LogP contribution < -0.4 is 19.9 Å². The van der Waals surface area contributed by atoms with Gasteiger partial charge in [-0.15, -0.1) is 0 Å². The van der Waals surface area contributed by atoms with Crippen molar-refractivity contribution < 1.29 is 9.47 Å². The van der Waals surface area contributed by atoms with Crippen molar-refractivity contribution in [3.63, 3.8) is 0 Å². The number of pyridine rings is 2. The number of nitrogens with zero attached hydrogens (tertiary/aromatic N) is 3. The largest absolute Gasteiger partial charge is 0.489 e. The van der Waals surface area contributed by atoms with E-state index in [0.29, 0.717) is 18.1 Å². The van der Waals surface area contributed by atoms with Crippen LogP contribution in [0.1, 0.15) is 26.7 Å². The molecule has 0 spiro atoms. The van der Waals surface area contributed by atoms with Gasteiger partial charge in [-0.1, -0.05) is 12.1 Å². The van der Waals surface area contributed by atoms with E-state index >= 15 is 0 Å². The van der Waals surface area contributed by atoms with E-state index in [9.17, 15) is 4.79 Å². The second kappa shape index (κ2) is 10.5. The number of piperazine rings is 1. The lowest BCUT2D eigenvalue weighted by atomic mass is 10.2. The van der Waals surface area contributed by atoms with Crippen LogP contribution in [0.4, 0.5) is 5.69 Å². The van der Waals surface area contributed by atoms with Crippen LogP contribution >= 0.6 is 0 Å². The molecule has 0 radical (unpaired) electrons. The van der Waals surface area contributed by atoms with Crippen LogP contribution in [0.5, 0.6) is 11.6 Å². The second-order valence-corrected chi connectivity index (χ2v) is 8.43. The fourth-order valence-electron chi connectivity index (χ4n) is 3.99. The van der Waals surface area contributed by atoms with Gasteiger partial charge in [-0.25, -0.2) is 0 Å². The molecule has 3 aromatic rings. The average Bonchev–Trinajstić information content (AvgIpc) is 2.79. The molecule has 0 aliphatic carbocycles. The van der Waals surface area contributed by atoms with Gasteiger partial charge in [0.15, 0.2) is 0 Å². The molecular formula is C25H32N4O3. The van der Waals surface area contributed by atoms with E-state index in [2.05, 4.69) is 51.8 Å². The third-order valence-corrected chi connectivity index (χ3v) is 5.62. The van der Waals surface area contributed by atoms with E-state index in [1.54, 1.807) is 6.07 Å². The summed E-state index contributed by atoms with van der Waals surface area (Å²) in [6, 6.07) is 15.4. The topological polar surface area (TPSA) is 70.7 Å². The number of aromatic amines is 1. The summed E-state index contributed by atoms with van der Waals surface area (Å²) in [7, 11) is 0. The van der Waals surface area contributed by atoms with Gasteiger partial charge in [-0.3, -0.25) is 9.69 Å². The van der Waals surface area contributed by atoms with Crippen molar-refractivity contribution in [3.05, 3.63) is 58.9 Å². The van der Waals surface area contributed by atoms with Gasteiger partial charge in [0.1, 0.15) is 11.4 Å². The Morgan fingerprint density at radius 3 is 2.59 bits per heavy atom. The van der Waals surface area contributed by atoms with E-state index in [1.807, 2.05) is 18.2 Å². The molecular weight excluding hydrogens is 404 g/mol. The van der Waals surface area contributed by atoms with Crippen molar-refractivity contribution >= 4 is 16.7 Å². The number of anilines is 1. The van der Waals surface area contributed by atoms with Gasteiger partial charge in [-0.2, -0.15) is 4.98 Å². The van der Waals surface area contributed by atoms with Crippen molar-refractivity contribution in [2.24, 2.45) is 0 Å². The number of fused-ring (bicyclic) bond motifs is 1. The fraction of sp³-hybridized carbons (Fsp3) is 0.440. The summed E-state index contributed by atoms with van der Waals surface area (Å²) in [4.78, 5) is 23.5. The summed E-state index contributed by atoms with van der Waals surface area (Å²) >= 11 is 0. The summed E-state index contributed by atoms with van der Waals surface area (Å²) in [6.07, 6.45) is 2.22. The van der Waals surface area contributed by atoms with Gasteiger partial charge in [0.05, 0.1) is 18.4 Å². The van der Waals surface area contributed by atoms with Crippen LogP contribution in [0, 0.1) is 0 Å². The normalized spacial score (nSPS) is 14.8. The number of unbranched alkanes of at least 4 members (excludes halogenated alkanes) is 1. The molecule has 1 N–H and O–H groups in total. The number of rotatable bonds is 9. The molecule has 0 amide bonds. The summed E-state index contributed by atoms with van der Waals surface area (Å²) < 4.78 is 11.8. The molecule has 1 aliphatic rings. The molecule has 0 atom stereocenters. The average molecular weight is 437 g/mol. The Balaban J connectivity index is 1.18. The summed E-state index contributed by atoms with van der Waals surface area (Å²) in [5.74, 6) is 1.52. The summed E-state index contributed by atoms with van der Waals surface area (Å²) in [5, 5.41) is 0.898. The highest BCUT2D eigenvalue weighted by Gasteiger charge is 2.19. The van der Waals surface area contributed by atoms with Crippen LogP contribution in [0.3, 0.4) is 0 Å². The monoisotopic (exact) mass is 436 g/mol. The van der Waals surface area contributed by atoms with Gasteiger partial charge in [0, 0.05) is 43.7 Å². The zero-order valence-corrected chi connectivity index (χ0v) is 18.9. The molecule has 3 heterocycles. The lowest BCUT2D eigenvalue weighted by molar-refractivity contribution is 0.230. The number of nitrogens with one attached hydrogen (secondary N) is 1. The Labute approximate surface area is 189 Å². The van der Waals surface area contributed by atoms with Crippen molar-refractivity contribution in [2.75, 3.05) is 44.2 Å². The van der Waals surface area contributed by atoms with Gasteiger partial charge >= 0.3 is 0 Å². The number of para-hydroxylation sites is 2. The van der Waals surface area contributed by atoms with Gasteiger partial charge in [0.25, 0.3) is 0 Å². The molecule has 4 rings (SSSR count). The minimum Gasteiger partial charge on any atom is -0.489 e. The van der Waals surface area contributed by atoms with Crippen LogP contribution in [0.25, 0.3) is 11.0 Å². The van der Waals surface area contributed by atoms with Gasteiger partial charge in [0.2, 0.25) is 11.4 Å². The van der Waals surface area contributed by atoms with Crippen molar-refractivity contribution in [1.29, 1.82) is 0 Å². The predicted octanol–water partition coefficient (Wildman–Crippen LogP) is 3.69. The first kappa shape index (κ1) is 22.1. The highest BCUT2D eigenvalue weighted by molar-refractivity contribution is 5.74. The Morgan fingerprint density at radius 2 is 1.78 bits per heavy atom. The quantitative estimate of drug-likeness (QED) is 0.516. The fourth-order valence-corrected chi connectivity index (χ4v) is 3.99. The van der Waals surface area contributed by atoms with Crippen LogP contribution in [-0.4, -0.2) is 60.3 Å². The maximum atomic E-state index is 11.5. The molecule has 0 saturated carbocycles. The zero-order chi connectivity index (χ0) is 22.3. The standard InChI is InChI=1S/C25H32N4O3/c1-19(2)32-22-8-4-3-7-21(22)29-16-14-28(15-17-29)13-5-6-18-31-24-12-10-20-9-11-23(30)26-25(20)27-24/h3-4,7-12,19H,5-6,13-18H2,1-2H3,(H,26,27,30). The summed E-state index contributed by atoms with van der Waals surface area (Å²) in [5.41, 5.74) is 1.60. The van der Waals surface area contributed by atoms with E-state index in [0.717, 1.165) is 56.7 Å². The molecule has 2 aromatic heterocycles. The number of benzene rings is 1. The molecule has 1 aliphatic heterocycles. The smallest absolute Gasteiger partial charge is 0.249 e. The number of hydrogen-bond donors (Lipinski definition) is 1. The zero-order valence-electron chi connectivity index (χ0n) is 18.9. The van der Waals surface area contributed by atoms with Crippen molar-refractivity contribution in [1.82, 2.24) is 14.9 Å². The SMILES string of the molecule is CC(C)Oc1ccccc1N1CCN(CCCCOc2ccc3ccc(=O)[nH]c3n2)CC1. The Bertz CT molecular complexity index is 1070. The molecule has 7 nitrogen and oxygen atoms in total. The molecule has 1 saturated heterocycles. The molecule has 7 heteroatoms. The second-order valence-electron chi connectivity index (χ2n) is 8.43. The van der Waals surface area contributed by atoms with Crippen LogP contribution in [0.15, 0.2) is 53.3 Å². The predicted molar refractivity (Wildman–Crippen MR) is 128 cm³/mol. The van der Waals surface area contributed by atoms with Gasteiger partial charge < -0.3 is 19.4 Å². The van der Waals surface area contributed by atoms with Crippen molar-refractivity contribution in [2.45, 2.75) is 32.8 Å². The molecule has 1 fully saturated rings. The lowest BCUT2D eigenvalue weighted by Crippen LogP contribution is -2.46. The third-order valence-electron chi connectivity index (χ3n) is 5.62. The highest BCUT2D eigenvalue weighted by atomic mass is 16.5. The Kier molecular flexibility index (Phi) is 7.27. The minimum atomic E-state index is -0.154. The number of H-pyrrole nitrogens is 1. The van der Waals surface area contributed by atoms with Crippen LogP contribution in [-0.2, 0) is 0 Å². The minimum absolute atomic E-state index is 0.154. The van der Waals surface area contributed by atoms with E-state index in [1.165, 1.54) is 11.8 Å². The highest BCUT2D eigenvalue weighted by Crippen LogP contribution is 2.29. The van der Waals surface area contributed by atoms with Gasteiger partial charge in [-0.05, 0) is 57.5 Å². The molecule has 1 aromatic carbocycles. The number of ether oxygens (including phenoxy) is 2. The molecule has 0 bridgehead atoms. The number of hydrogen-bond acceptors (Lipinski definition) is 6. The molecule has 32 heavy (non-hydrogen) atoms. The lowest BCUT2D eigenvalue weighted by Gasteiger charge is -2.37. The maximum Gasteiger partial charge on any atom is 0.249 e. The third kappa shape index (κ3) is 5.79. The first-order chi connectivity index (χ1) is 15.6. The Hall–Kier alpha value is -3.06. The summed E-state index contributed by atoms with van der Waals surface area (Å²) in [6.45, 7) is 9.94. The van der Waals surface area contributed by atoms with E-state index < -0.39 is 0 Å². The first-order valence-corrected chi connectivity index (χ1v) is 11.4. The molecule has 0 unspecified atom stereocenters. The maximum absolute atomic E-state index is 11.5. The molecule has 170 valence electrons. The Morgan fingerprint density at radius 1 is 1.00 bits per heavy atom. The van der Waals surface area contributed by atoms with E-state index in [-0.39, 0.29) is 11.7 Å². The van der Waals surface area contributed by atoms with Crippen molar-refractivity contribution in [3.8, 4) is 11.6 Å². The van der Waals surface area contributed by atoms with Crippen LogP contribution in [0.2, 0.25) is 0 Å².